The second-order valence-electron chi connectivity index (χ2n) is 4.95. The summed E-state index contributed by atoms with van der Waals surface area (Å²) in [5.74, 6) is 0.228. The highest BCUT2D eigenvalue weighted by Crippen LogP contribution is 2.26. The Hall–Kier alpha value is -2.42. The first kappa shape index (κ1) is 15.0. The minimum absolute atomic E-state index is 0.00154. The maximum Gasteiger partial charge on any atom is 0.288 e. The molecule has 2 heterocycles. The van der Waals surface area contributed by atoms with Crippen LogP contribution in [0.4, 0.5) is 11.5 Å². The third kappa shape index (κ3) is 3.02. The number of morpholine rings is 1. The van der Waals surface area contributed by atoms with Crippen LogP contribution in [0.25, 0.3) is 0 Å². The van der Waals surface area contributed by atoms with Gasteiger partial charge in [0.25, 0.3) is 5.69 Å². The van der Waals surface area contributed by atoms with Gasteiger partial charge >= 0.3 is 0 Å². The molecule has 2 atom stereocenters. The number of nitrogens with zero attached hydrogens (tertiary/aromatic N) is 4. The van der Waals surface area contributed by atoms with E-state index in [1.165, 1.54) is 6.07 Å². The van der Waals surface area contributed by atoms with Crippen molar-refractivity contribution < 1.29 is 14.9 Å². The van der Waals surface area contributed by atoms with E-state index in [0.717, 1.165) is 6.20 Å². The van der Waals surface area contributed by atoms with Gasteiger partial charge in [-0.05, 0) is 13.8 Å². The second-order valence-corrected chi connectivity index (χ2v) is 4.95. The third-order valence-corrected chi connectivity index (χ3v) is 3.33. The number of amidine groups is 1. The van der Waals surface area contributed by atoms with Crippen molar-refractivity contribution in [3.63, 3.8) is 0 Å². The van der Waals surface area contributed by atoms with E-state index in [1.807, 2.05) is 18.7 Å². The van der Waals surface area contributed by atoms with E-state index < -0.39 is 4.92 Å². The molecule has 114 valence electrons. The van der Waals surface area contributed by atoms with Crippen molar-refractivity contribution in [3.8, 4) is 0 Å². The zero-order valence-electron chi connectivity index (χ0n) is 11.8. The van der Waals surface area contributed by atoms with Crippen LogP contribution in [-0.2, 0) is 4.74 Å². The largest absolute Gasteiger partial charge is 0.409 e. The van der Waals surface area contributed by atoms with Crippen LogP contribution in [0.15, 0.2) is 17.4 Å². The van der Waals surface area contributed by atoms with Gasteiger partial charge in [0.05, 0.1) is 29.2 Å². The predicted molar refractivity (Wildman–Crippen MR) is 75.6 cm³/mol. The molecule has 21 heavy (non-hydrogen) atoms. The lowest BCUT2D eigenvalue weighted by atomic mass is 10.1. The molecule has 0 bridgehead atoms. The molecule has 1 aliphatic rings. The fourth-order valence-electron chi connectivity index (χ4n) is 2.22. The van der Waals surface area contributed by atoms with Crippen LogP contribution in [0, 0.1) is 10.1 Å². The smallest absolute Gasteiger partial charge is 0.288 e. The average molecular weight is 295 g/mol. The van der Waals surface area contributed by atoms with Gasteiger partial charge in [-0.1, -0.05) is 5.16 Å². The third-order valence-electron chi connectivity index (χ3n) is 3.33. The summed E-state index contributed by atoms with van der Waals surface area (Å²) in [4.78, 5) is 16.4. The molecule has 0 spiro atoms. The van der Waals surface area contributed by atoms with Crippen molar-refractivity contribution in [2.24, 2.45) is 10.9 Å². The zero-order chi connectivity index (χ0) is 15.6. The maximum atomic E-state index is 10.9. The van der Waals surface area contributed by atoms with Crippen molar-refractivity contribution in [3.05, 3.63) is 27.9 Å². The van der Waals surface area contributed by atoms with Gasteiger partial charge < -0.3 is 20.6 Å². The number of aromatic nitrogens is 1. The maximum absolute atomic E-state index is 10.9. The van der Waals surface area contributed by atoms with Gasteiger partial charge in [0.1, 0.15) is 12.0 Å². The predicted octanol–water partition coefficient (Wildman–Crippen LogP) is 0.698. The van der Waals surface area contributed by atoms with E-state index in [1.54, 1.807) is 0 Å². The topological polar surface area (TPSA) is 127 Å². The molecule has 0 amide bonds. The normalized spacial score (nSPS) is 23.1. The summed E-state index contributed by atoms with van der Waals surface area (Å²) < 4.78 is 5.54. The lowest BCUT2D eigenvalue weighted by Gasteiger charge is -2.38. The van der Waals surface area contributed by atoms with E-state index in [-0.39, 0.29) is 29.2 Å². The summed E-state index contributed by atoms with van der Waals surface area (Å²) >= 11 is 0. The van der Waals surface area contributed by atoms with Gasteiger partial charge in [-0.25, -0.2) is 4.98 Å². The Morgan fingerprint density at radius 2 is 2.38 bits per heavy atom. The van der Waals surface area contributed by atoms with Crippen LogP contribution < -0.4 is 10.6 Å². The molecular weight excluding hydrogens is 278 g/mol. The van der Waals surface area contributed by atoms with Gasteiger partial charge in [-0.3, -0.25) is 10.1 Å². The number of nitro groups is 1. The van der Waals surface area contributed by atoms with Gasteiger partial charge in [0.15, 0.2) is 5.84 Å². The Bertz CT molecular complexity index is 577. The minimum atomic E-state index is -0.573. The molecule has 0 radical (unpaired) electrons. The van der Waals surface area contributed by atoms with Crippen LogP contribution in [0.1, 0.15) is 19.4 Å². The van der Waals surface area contributed by atoms with Crippen molar-refractivity contribution in [1.82, 2.24) is 4.98 Å². The quantitative estimate of drug-likeness (QED) is 0.276. The van der Waals surface area contributed by atoms with E-state index in [4.69, 9.17) is 15.7 Å². The number of hydrogen-bond acceptors (Lipinski definition) is 7. The molecule has 1 aromatic heterocycles. The van der Waals surface area contributed by atoms with E-state index >= 15 is 0 Å². The number of nitrogens with two attached hydrogens (primary N) is 1. The van der Waals surface area contributed by atoms with Crippen LogP contribution in [-0.4, -0.2) is 46.2 Å². The summed E-state index contributed by atoms with van der Waals surface area (Å²) in [6.45, 7) is 4.95. The molecule has 3 N–H and O–H groups in total. The van der Waals surface area contributed by atoms with Crippen LogP contribution in [0.5, 0.6) is 0 Å². The Labute approximate surface area is 121 Å². The van der Waals surface area contributed by atoms with Crippen molar-refractivity contribution in [2.45, 2.75) is 26.0 Å². The Balaban J connectivity index is 2.49. The lowest BCUT2D eigenvalue weighted by molar-refractivity contribution is -0.385. The number of rotatable bonds is 3. The molecule has 0 saturated carbocycles. The van der Waals surface area contributed by atoms with E-state index in [9.17, 15) is 10.1 Å². The number of pyridine rings is 1. The molecule has 1 aromatic rings. The van der Waals surface area contributed by atoms with Gasteiger partial charge in [0, 0.05) is 12.6 Å². The summed E-state index contributed by atoms with van der Waals surface area (Å²) in [5, 5.41) is 22.7. The summed E-state index contributed by atoms with van der Waals surface area (Å²) in [6, 6.07) is 1.28. The highest BCUT2D eigenvalue weighted by molar-refractivity contribution is 6.02. The van der Waals surface area contributed by atoms with Gasteiger partial charge in [-0.15, -0.1) is 0 Å². The number of anilines is 1. The van der Waals surface area contributed by atoms with Crippen LogP contribution >= 0.6 is 0 Å². The monoisotopic (exact) mass is 295 g/mol. The molecule has 9 heteroatoms. The molecule has 0 aliphatic carbocycles. The summed E-state index contributed by atoms with van der Waals surface area (Å²) in [7, 11) is 0. The van der Waals surface area contributed by atoms with E-state index in [0.29, 0.717) is 19.0 Å². The lowest BCUT2D eigenvalue weighted by Crippen LogP contribution is -2.48. The number of oxime groups is 1. The van der Waals surface area contributed by atoms with Crippen molar-refractivity contribution >= 4 is 17.3 Å². The Morgan fingerprint density at radius 3 is 3.00 bits per heavy atom. The van der Waals surface area contributed by atoms with E-state index in [2.05, 4.69) is 10.1 Å². The molecule has 2 unspecified atom stereocenters. The van der Waals surface area contributed by atoms with Crippen LogP contribution in [0.3, 0.4) is 0 Å². The zero-order valence-corrected chi connectivity index (χ0v) is 11.8. The molecule has 1 fully saturated rings. The highest BCUT2D eigenvalue weighted by atomic mass is 16.6. The van der Waals surface area contributed by atoms with Crippen LogP contribution in [0.2, 0.25) is 0 Å². The second kappa shape index (κ2) is 5.92. The Kier molecular flexibility index (Phi) is 4.22. The molecule has 0 aromatic carbocycles. The molecule has 1 aliphatic heterocycles. The summed E-state index contributed by atoms with van der Waals surface area (Å²) in [5.41, 5.74) is 5.65. The molecule has 9 nitrogen and oxygen atoms in total. The highest BCUT2D eigenvalue weighted by Gasteiger charge is 2.28. The first-order valence-electron chi connectivity index (χ1n) is 6.44. The summed E-state index contributed by atoms with van der Waals surface area (Å²) in [6.07, 6.45) is 1.16. The standard InChI is InChI=1S/C12H17N5O4/c1-7-6-21-8(2)5-16(7)12-10(11(13)15-18)3-9(4-14-12)17(19)20/h3-4,7-8,18H,5-6H2,1-2H3,(H2,13,15). The van der Waals surface area contributed by atoms with Gasteiger partial charge in [0.2, 0.25) is 0 Å². The first-order valence-corrected chi connectivity index (χ1v) is 6.44. The fourth-order valence-corrected chi connectivity index (χ4v) is 2.22. The molecule has 1 saturated heterocycles. The fraction of sp³-hybridized carbons (Fsp3) is 0.500. The first-order chi connectivity index (χ1) is 9.93. The SMILES string of the molecule is CC1CN(c2ncc([N+](=O)[O-])cc2C(N)=NO)C(C)CO1. The van der Waals surface area contributed by atoms with Gasteiger partial charge in [-0.2, -0.15) is 0 Å². The molecule has 2 rings (SSSR count). The Morgan fingerprint density at radius 1 is 1.67 bits per heavy atom. The number of ether oxygens (including phenoxy) is 1. The molecular formula is C12H17N5O4. The van der Waals surface area contributed by atoms with Crippen molar-refractivity contribution in [2.75, 3.05) is 18.1 Å². The minimum Gasteiger partial charge on any atom is -0.409 e. The number of hydrogen-bond donors (Lipinski definition) is 2. The van der Waals surface area contributed by atoms with Crippen molar-refractivity contribution in [1.29, 1.82) is 0 Å². The average Bonchev–Trinajstić information content (AvgIpc) is 2.48.